The van der Waals surface area contributed by atoms with E-state index >= 15 is 0 Å². The predicted molar refractivity (Wildman–Crippen MR) is 61.0 cm³/mol. The minimum absolute atomic E-state index is 0.424. The van der Waals surface area contributed by atoms with Crippen LogP contribution in [0.2, 0.25) is 0 Å². The fourth-order valence-corrected chi connectivity index (χ4v) is 2.34. The Morgan fingerprint density at radius 3 is 2.94 bits per heavy atom. The Morgan fingerprint density at radius 2 is 2.29 bits per heavy atom. The van der Waals surface area contributed by atoms with E-state index in [2.05, 4.69) is 0 Å². The van der Waals surface area contributed by atoms with Crippen molar-refractivity contribution in [3.63, 3.8) is 0 Å². The van der Waals surface area contributed by atoms with Gasteiger partial charge in [0.1, 0.15) is 5.75 Å². The first-order valence-corrected chi connectivity index (χ1v) is 5.64. The number of carboxylic acids is 1. The SMILES string of the molecule is COc1ccc2c(c1)CC(C(F)C(=O)O)CC2. The van der Waals surface area contributed by atoms with E-state index in [1.54, 1.807) is 7.11 Å². The van der Waals surface area contributed by atoms with Crippen molar-refractivity contribution in [3.8, 4) is 5.75 Å². The molecule has 0 bridgehead atoms. The Kier molecular flexibility index (Phi) is 3.31. The summed E-state index contributed by atoms with van der Waals surface area (Å²) in [5.74, 6) is -1.05. The number of hydrogen-bond donors (Lipinski definition) is 1. The smallest absolute Gasteiger partial charge is 0.338 e. The Balaban J connectivity index is 2.19. The van der Waals surface area contributed by atoms with Crippen molar-refractivity contribution in [2.24, 2.45) is 5.92 Å². The number of benzene rings is 1. The third-order valence-electron chi connectivity index (χ3n) is 3.33. The summed E-state index contributed by atoms with van der Waals surface area (Å²) in [6.07, 6.45) is 0.0270. The molecule has 0 aliphatic heterocycles. The molecule has 0 heterocycles. The number of halogens is 1. The number of hydrogen-bond acceptors (Lipinski definition) is 2. The summed E-state index contributed by atoms with van der Waals surface area (Å²) in [6.45, 7) is 0. The third kappa shape index (κ3) is 2.40. The summed E-state index contributed by atoms with van der Waals surface area (Å²) in [5.41, 5.74) is 2.17. The predicted octanol–water partition coefficient (Wildman–Crippen LogP) is 2.22. The van der Waals surface area contributed by atoms with Crippen molar-refractivity contribution >= 4 is 5.97 Å². The number of carbonyl (C=O) groups is 1. The van der Waals surface area contributed by atoms with E-state index in [9.17, 15) is 9.18 Å². The molecule has 1 aromatic carbocycles. The van der Waals surface area contributed by atoms with Gasteiger partial charge in [0.05, 0.1) is 7.11 Å². The van der Waals surface area contributed by atoms with Crippen LogP contribution < -0.4 is 4.74 Å². The highest BCUT2D eigenvalue weighted by Gasteiger charge is 2.31. The van der Waals surface area contributed by atoms with Gasteiger partial charge in [-0.3, -0.25) is 0 Å². The number of methoxy groups -OCH3 is 1. The van der Waals surface area contributed by atoms with E-state index in [-0.39, 0.29) is 0 Å². The van der Waals surface area contributed by atoms with Crippen molar-refractivity contribution in [1.82, 2.24) is 0 Å². The average Bonchev–Trinajstić information content (AvgIpc) is 2.36. The molecule has 4 heteroatoms. The van der Waals surface area contributed by atoms with E-state index < -0.39 is 18.1 Å². The van der Waals surface area contributed by atoms with Gasteiger partial charge in [-0.1, -0.05) is 6.07 Å². The maximum atomic E-state index is 13.5. The zero-order chi connectivity index (χ0) is 12.4. The van der Waals surface area contributed by atoms with Crippen LogP contribution in [-0.4, -0.2) is 24.4 Å². The lowest BCUT2D eigenvalue weighted by Crippen LogP contribution is -2.29. The number of fused-ring (bicyclic) bond motifs is 1. The second-order valence-corrected chi connectivity index (χ2v) is 4.38. The Morgan fingerprint density at radius 1 is 1.53 bits per heavy atom. The first-order valence-electron chi connectivity index (χ1n) is 5.64. The molecule has 1 aliphatic rings. The maximum absolute atomic E-state index is 13.5. The molecule has 0 amide bonds. The molecule has 0 fully saturated rings. The lowest BCUT2D eigenvalue weighted by molar-refractivity contribution is -0.145. The van der Waals surface area contributed by atoms with Gasteiger partial charge in [0, 0.05) is 5.92 Å². The summed E-state index contributed by atoms with van der Waals surface area (Å²) in [6, 6.07) is 5.72. The molecule has 1 N–H and O–H groups in total. The van der Waals surface area contributed by atoms with Crippen LogP contribution in [0.15, 0.2) is 18.2 Å². The molecule has 2 rings (SSSR count). The van der Waals surface area contributed by atoms with Crippen molar-refractivity contribution in [3.05, 3.63) is 29.3 Å². The molecule has 3 nitrogen and oxygen atoms in total. The van der Waals surface area contributed by atoms with Crippen molar-refractivity contribution in [2.45, 2.75) is 25.4 Å². The van der Waals surface area contributed by atoms with Crippen LogP contribution >= 0.6 is 0 Å². The minimum atomic E-state index is -1.77. The molecule has 0 radical (unpaired) electrons. The highest BCUT2D eigenvalue weighted by Crippen LogP contribution is 2.31. The largest absolute Gasteiger partial charge is 0.497 e. The van der Waals surface area contributed by atoms with Gasteiger partial charge < -0.3 is 9.84 Å². The Labute approximate surface area is 99.2 Å². The van der Waals surface area contributed by atoms with E-state index in [0.29, 0.717) is 12.8 Å². The monoisotopic (exact) mass is 238 g/mol. The van der Waals surface area contributed by atoms with Gasteiger partial charge in [0.15, 0.2) is 6.17 Å². The lowest BCUT2D eigenvalue weighted by Gasteiger charge is -2.25. The Bertz CT molecular complexity index is 431. The quantitative estimate of drug-likeness (QED) is 0.878. The van der Waals surface area contributed by atoms with Crippen LogP contribution in [0.1, 0.15) is 17.5 Å². The molecule has 1 aliphatic carbocycles. The van der Waals surface area contributed by atoms with Gasteiger partial charge in [0.2, 0.25) is 0 Å². The van der Waals surface area contributed by atoms with Gasteiger partial charge in [-0.15, -0.1) is 0 Å². The molecule has 0 aromatic heterocycles. The zero-order valence-corrected chi connectivity index (χ0v) is 9.65. The number of alkyl halides is 1. The molecule has 0 spiro atoms. The van der Waals surface area contributed by atoms with Crippen LogP contribution in [0.4, 0.5) is 4.39 Å². The third-order valence-corrected chi connectivity index (χ3v) is 3.33. The normalized spacial score (nSPS) is 20.5. The van der Waals surface area contributed by atoms with E-state index in [1.165, 1.54) is 5.56 Å². The molecular weight excluding hydrogens is 223 g/mol. The maximum Gasteiger partial charge on any atom is 0.338 e. The molecule has 1 aromatic rings. The number of aliphatic carboxylic acids is 1. The van der Waals surface area contributed by atoms with E-state index in [1.807, 2.05) is 18.2 Å². The molecule has 0 saturated heterocycles. The topological polar surface area (TPSA) is 46.5 Å². The number of aryl methyl sites for hydroxylation is 1. The van der Waals surface area contributed by atoms with Gasteiger partial charge >= 0.3 is 5.97 Å². The standard InChI is InChI=1S/C13H15FO3/c1-17-11-5-4-8-2-3-9(6-10(8)7-11)12(14)13(15)16/h4-5,7,9,12H,2-3,6H2,1H3,(H,15,16). The first kappa shape index (κ1) is 11.9. The molecule has 2 unspecified atom stereocenters. The fourth-order valence-electron chi connectivity index (χ4n) is 2.34. The molecule has 2 atom stereocenters. The minimum Gasteiger partial charge on any atom is -0.497 e. The molecule has 17 heavy (non-hydrogen) atoms. The van der Waals surface area contributed by atoms with Gasteiger partial charge in [-0.2, -0.15) is 0 Å². The van der Waals surface area contributed by atoms with Crippen LogP contribution in [0.3, 0.4) is 0 Å². The first-order chi connectivity index (χ1) is 8.11. The zero-order valence-electron chi connectivity index (χ0n) is 9.65. The van der Waals surface area contributed by atoms with Crippen LogP contribution in [0.25, 0.3) is 0 Å². The van der Waals surface area contributed by atoms with Gasteiger partial charge in [-0.05, 0) is 42.5 Å². The average molecular weight is 238 g/mol. The summed E-state index contributed by atoms with van der Waals surface area (Å²) in [7, 11) is 1.58. The summed E-state index contributed by atoms with van der Waals surface area (Å²) in [4.78, 5) is 10.6. The lowest BCUT2D eigenvalue weighted by atomic mass is 9.81. The second-order valence-electron chi connectivity index (χ2n) is 4.38. The Hall–Kier alpha value is -1.58. The number of ether oxygens (including phenoxy) is 1. The summed E-state index contributed by atoms with van der Waals surface area (Å²) < 4.78 is 18.6. The summed E-state index contributed by atoms with van der Waals surface area (Å²) >= 11 is 0. The van der Waals surface area contributed by atoms with Crippen molar-refractivity contribution < 1.29 is 19.0 Å². The van der Waals surface area contributed by atoms with Crippen molar-refractivity contribution in [1.29, 1.82) is 0 Å². The fraction of sp³-hybridized carbons (Fsp3) is 0.462. The number of rotatable bonds is 3. The molecular formula is C13H15FO3. The van der Waals surface area contributed by atoms with Crippen LogP contribution in [-0.2, 0) is 17.6 Å². The van der Waals surface area contributed by atoms with Gasteiger partial charge in [-0.25, -0.2) is 9.18 Å². The van der Waals surface area contributed by atoms with Crippen molar-refractivity contribution in [2.75, 3.05) is 7.11 Å². The highest BCUT2D eigenvalue weighted by molar-refractivity contribution is 5.72. The highest BCUT2D eigenvalue weighted by atomic mass is 19.1. The molecule has 92 valence electrons. The van der Waals surface area contributed by atoms with Crippen LogP contribution in [0, 0.1) is 5.92 Å². The van der Waals surface area contributed by atoms with E-state index in [0.717, 1.165) is 17.7 Å². The number of carboxylic acid groups (broad SMARTS) is 1. The molecule has 0 saturated carbocycles. The summed E-state index contributed by atoms with van der Waals surface area (Å²) in [5, 5.41) is 8.68. The second kappa shape index (κ2) is 4.73. The van der Waals surface area contributed by atoms with Crippen LogP contribution in [0.5, 0.6) is 5.75 Å². The van der Waals surface area contributed by atoms with E-state index in [4.69, 9.17) is 9.84 Å². The van der Waals surface area contributed by atoms with Gasteiger partial charge in [0.25, 0.3) is 0 Å².